The van der Waals surface area contributed by atoms with Crippen molar-refractivity contribution in [3.63, 3.8) is 0 Å². The van der Waals surface area contributed by atoms with Crippen LogP contribution in [0.4, 0.5) is 0 Å². The van der Waals surface area contributed by atoms with Gasteiger partial charge < -0.3 is 59.2 Å². The third-order valence-corrected chi connectivity index (χ3v) is 19.7. The van der Waals surface area contributed by atoms with Crippen LogP contribution in [0.5, 0.6) is 11.5 Å². The molecule has 41 nitrogen and oxygen atoms in total. The maximum absolute atomic E-state index is 11.9. The molecule has 114 heavy (non-hydrogen) atoms. The van der Waals surface area contributed by atoms with Crippen LogP contribution in [0.15, 0.2) is 70.0 Å². The number of nitrogens with two attached hydrogens (primary N) is 7. The van der Waals surface area contributed by atoms with Gasteiger partial charge in [-0.25, -0.2) is 39.9 Å². The SMILES string of the molecule is CCCn1nc(C)c(O)c1-c1nc(-c2nc(C(N)=O)cc3c2cnn3C)n[nH]1.CCn1nc(C)c(O)c1-c1nc(-c2nc(C(N)=O)cc3c2cnn3C)c(CN)o1.CCn1nc(C)cc1-c1nc(-c2nc(C(N)=O)cc3c2cnn3C)c(C(C)N)s1.CCn1nc(C)cc1-c1nc(-c2nc(C(N)=O)cc3c2cnn3C)c(CN)o1. The van der Waals surface area contributed by atoms with E-state index in [-0.39, 0.29) is 65.1 Å². The number of fused-ring (bicyclic) bond motifs is 4. The highest BCUT2D eigenvalue weighted by atomic mass is 32.1. The topological polar surface area (TPSA) is 592 Å². The van der Waals surface area contributed by atoms with Gasteiger partial charge in [0.25, 0.3) is 23.6 Å². The summed E-state index contributed by atoms with van der Waals surface area (Å²) in [4.78, 5) is 84.2. The van der Waals surface area contributed by atoms with Crippen LogP contribution in [-0.2, 0) is 67.5 Å². The Hall–Kier alpha value is -14.1. The molecule has 42 heteroatoms. The Kier molecular flexibility index (Phi) is 21.4. The normalized spacial score (nSPS) is 11.7. The van der Waals surface area contributed by atoms with Gasteiger partial charge in [-0.2, -0.15) is 45.9 Å². The first kappa shape index (κ1) is 78.0. The molecule has 16 heterocycles. The van der Waals surface area contributed by atoms with Crippen molar-refractivity contribution < 1.29 is 38.2 Å². The van der Waals surface area contributed by atoms with E-state index in [1.165, 1.54) is 11.3 Å². The Balaban J connectivity index is 0.000000133. The predicted octanol–water partition coefficient (Wildman–Crippen LogP) is 5.99. The molecular formula is C72H81N33O8S. The molecule has 0 aromatic carbocycles. The Morgan fingerprint density at radius 1 is 0.482 bits per heavy atom. The molecule has 0 aliphatic heterocycles. The van der Waals surface area contributed by atoms with Crippen LogP contribution < -0.4 is 40.1 Å². The summed E-state index contributed by atoms with van der Waals surface area (Å²) in [5.74, 6) is -0.591. The second-order valence-corrected chi connectivity index (χ2v) is 27.3. The van der Waals surface area contributed by atoms with Crippen molar-refractivity contribution >= 4 is 78.6 Å². The summed E-state index contributed by atoms with van der Waals surface area (Å²) in [7, 11) is 7.08. The van der Waals surface area contributed by atoms with E-state index < -0.39 is 23.6 Å². The standard InChI is InChI=1S/C19H22N8OS.C18H20N8O3.C18H20N8O2.C17H19N9O2/c1-5-27-14(6-9(2)25-27)19-24-16(17(29-19)10(3)20)15-11-8-22-26(4)13(11)7-12(23-15)18(21)28;1-4-26-15(16(27)8(2)24-26)18-23-14(12(6-19)29-18)13-9-7-21-25(3)11(9)5-10(22-13)17(20)28;1-4-26-13(5-9(2)24-26)18-23-16(14(7-19)28-18)15-10-8-21-25(3)12(10)6-11(22-15)17(20)27;1-4-5-26-13(14(27)8(2)24-26)17-21-16(22-23-17)12-9-7-19-25(3)11(9)6-10(20-12)15(18)28/h6-8,10H,5,20H2,1-4H3,(H2,21,28);5,7,27H,4,6,19H2,1-3H3,(H2,20,28);5-6,8H,4,7,19H2,1-3H3,(H2,20,27);6-7,27H,4-5H2,1-3H3,(H2,18,28)(H,21,22,23). The number of aromatic nitrogens is 26. The molecule has 1 atom stereocenters. The van der Waals surface area contributed by atoms with Gasteiger partial charge in [0, 0.05) is 82.0 Å². The summed E-state index contributed by atoms with van der Waals surface area (Å²) >= 11 is 1.51. The maximum atomic E-state index is 11.9. The molecule has 0 saturated carbocycles. The van der Waals surface area contributed by atoms with Gasteiger partial charge in [-0.15, -0.1) is 11.3 Å². The van der Waals surface area contributed by atoms with E-state index in [0.717, 1.165) is 61.9 Å². The van der Waals surface area contributed by atoms with E-state index in [9.17, 15) is 29.4 Å². The molecule has 0 bridgehead atoms. The van der Waals surface area contributed by atoms with Crippen LogP contribution in [0.25, 0.3) is 135 Å². The lowest BCUT2D eigenvalue weighted by atomic mass is 10.1. The molecule has 4 amide bonds. The molecule has 16 aromatic rings. The first-order chi connectivity index (χ1) is 54.5. The van der Waals surface area contributed by atoms with Crippen molar-refractivity contribution in [1.29, 1.82) is 0 Å². The van der Waals surface area contributed by atoms with Crippen molar-refractivity contribution in [2.75, 3.05) is 0 Å². The van der Waals surface area contributed by atoms with Crippen LogP contribution in [-0.4, -0.2) is 162 Å². The number of aromatic amines is 1. The van der Waals surface area contributed by atoms with Gasteiger partial charge in [0.05, 0.1) is 81.9 Å². The second kappa shape index (κ2) is 31.3. The monoisotopic (exact) mass is 1570 g/mol. The number of hydrogen-bond acceptors (Lipinski definition) is 29. The molecule has 0 aliphatic carbocycles. The minimum Gasteiger partial charge on any atom is -0.504 e. The summed E-state index contributed by atoms with van der Waals surface area (Å²) in [6.45, 7) is 19.8. The lowest BCUT2D eigenvalue weighted by molar-refractivity contribution is 0.0987. The first-order valence-corrected chi connectivity index (χ1v) is 36.5. The van der Waals surface area contributed by atoms with Crippen LogP contribution in [0, 0.1) is 27.7 Å². The zero-order valence-electron chi connectivity index (χ0n) is 64.3. The van der Waals surface area contributed by atoms with Gasteiger partial charge in [-0.1, -0.05) is 6.92 Å². The Morgan fingerprint density at radius 3 is 1.31 bits per heavy atom. The molecule has 0 saturated heterocycles. The molecule has 0 spiro atoms. The highest BCUT2D eigenvalue weighted by molar-refractivity contribution is 7.15. The number of pyridine rings is 4. The van der Waals surface area contributed by atoms with Gasteiger partial charge in [-0.3, -0.25) is 61.7 Å². The molecule has 0 fully saturated rings. The van der Waals surface area contributed by atoms with E-state index in [1.54, 1.807) is 124 Å². The zero-order chi connectivity index (χ0) is 81.7. The summed E-state index contributed by atoms with van der Waals surface area (Å²) < 4.78 is 25.3. The number of nitrogens with one attached hydrogen (secondary N) is 1. The first-order valence-electron chi connectivity index (χ1n) is 35.7. The Morgan fingerprint density at radius 2 is 0.877 bits per heavy atom. The minimum atomic E-state index is -0.676. The summed E-state index contributed by atoms with van der Waals surface area (Å²) in [5.41, 5.74) is 51.6. The van der Waals surface area contributed by atoms with E-state index >= 15 is 0 Å². The second-order valence-electron chi connectivity index (χ2n) is 26.3. The molecule has 17 N–H and O–H groups in total. The molecule has 16 rings (SSSR count). The number of thiazole rings is 1. The van der Waals surface area contributed by atoms with Crippen molar-refractivity contribution in [3.05, 3.63) is 123 Å². The fourth-order valence-electron chi connectivity index (χ4n) is 12.9. The highest BCUT2D eigenvalue weighted by Crippen LogP contribution is 2.42. The van der Waals surface area contributed by atoms with Crippen molar-refractivity contribution in [2.24, 2.45) is 68.3 Å². The van der Waals surface area contributed by atoms with Crippen molar-refractivity contribution in [3.8, 4) is 103 Å². The van der Waals surface area contributed by atoms with E-state index in [4.69, 9.17) is 54.0 Å². The van der Waals surface area contributed by atoms with Crippen LogP contribution in [0.2, 0.25) is 0 Å². The van der Waals surface area contributed by atoms with Crippen LogP contribution in [0.1, 0.15) is 128 Å². The average Bonchev–Trinajstić information content (AvgIpc) is 1.63. The van der Waals surface area contributed by atoms with Crippen molar-refractivity contribution in [2.45, 2.75) is 114 Å². The molecule has 0 aliphatic rings. The van der Waals surface area contributed by atoms with E-state index in [0.29, 0.717) is 133 Å². The number of hydrogen-bond donors (Lipinski definition) is 10. The fraction of sp³-hybridized carbons (Fsp3) is 0.292. The average molecular weight is 1570 g/mol. The maximum Gasteiger partial charge on any atom is 0.267 e. The molecule has 16 aromatic heterocycles. The number of H-pyrrole nitrogens is 1. The smallest absolute Gasteiger partial charge is 0.267 e. The van der Waals surface area contributed by atoms with Crippen LogP contribution >= 0.6 is 11.3 Å². The number of rotatable bonds is 20. The number of carbonyl (C=O) groups is 4. The minimum absolute atomic E-state index is 0.0198. The fourth-order valence-corrected chi connectivity index (χ4v) is 13.9. The van der Waals surface area contributed by atoms with Crippen LogP contribution in [0.3, 0.4) is 0 Å². The van der Waals surface area contributed by atoms with Gasteiger partial charge in [-0.05, 0) is 98.2 Å². The number of amides is 4. The Bertz CT molecular complexity index is 6410. The third-order valence-electron chi connectivity index (χ3n) is 18.4. The van der Waals surface area contributed by atoms with Gasteiger partial charge in [0.1, 0.15) is 102 Å². The van der Waals surface area contributed by atoms with E-state index in [1.807, 2.05) is 65.3 Å². The molecular weight excluding hydrogens is 1490 g/mol. The lowest BCUT2D eigenvalue weighted by Gasteiger charge is -2.07. The highest BCUT2D eigenvalue weighted by Gasteiger charge is 2.30. The number of oxazole rings is 2. The number of aryl methyl sites for hydroxylation is 12. The van der Waals surface area contributed by atoms with Gasteiger partial charge in [0.2, 0.25) is 17.6 Å². The predicted molar refractivity (Wildman–Crippen MR) is 418 cm³/mol. The van der Waals surface area contributed by atoms with E-state index in [2.05, 4.69) is 85.9 Å². The number of aromatic hydroxyl groups is 2. The molecule has 0 radical (unpaired) electrons. The third kappa shape index (κ3) is 14.5. The quantitative estimate of drug-likeness (QED) is 0.0418. The lowest BCUT2D eigenvalue weighted by Crippen LogP contribution is -2.14. The number of primary amides is 4. The number of carbonyl (C=O) groups excluding carboxylic acids is 4. The zero-order valence-corrected chi connectivity index (χ0v) is 65.1. The summed E-state index contributed by atoms with van der Waals surface area (Å²) in [6, 6.07) is 10.0. The summed E-state index contributed by atoms with van der Waals surface area (Å²) in [6.07, 6.45) is 7.47. The Labute approximate surface area is 650 Å². The van der Waals surface area contributed by atoms with Gasteiger partial charge in [0.15, 0.2) is 23.0 Å². The molecule has 588 valence electrons. The van der Waals surface area contributed by atoms with Crippen molar-refractivity contribution in [1.82, 2.24) is 128 Å². The summed E-state index contributed by atoms with van der Waals surface area (Å²) in [5, 5.41) is 66.1. The largest absolute Gasteiger partial charge is 0.504 e. The molecule has 1 unspecified atom stereocenters. The van der Waals surface area contributed by atoms with Gasteiger partial charge >= 0.3 is 0 Å². The number of nitrogens with zero attached hydrogens (tertiary/aromatic N) is 25.